The van der Waals surface area contributed by atoms with E-state index in [1.165, 1.54) is 38.5 Å². The molecule has 0 heterocycles. The molecule has 0 aromatic carbocycles. The Morgan fingerprint density at radius 2 is 1.17 bits per heavy atom. The van der Waals surface area contributed by atoms with Gasteiger partial charge in [0.15, 0.2) is 0 Å². The Bertz CT molecular complexity index is 162. The van der Waals surface area contributed by atoms with E-state index in [2.05, 4.69) is 6.92 Å². The average Bonchev–Trinajstić information content (AvgIpc) is 2.34. The zero-order valence-electron chi connectivity index (χ0n) is 11.8. The molecule has 0 aliphatic rings. The number of unbranched alkanes of at least 4 members (excludes halogenated alkanes) is 5. The van der Waals surface area contributed by atoms with Crippen LogP contribution in [0, 0.1) is 0 Å². The highest BCUT2D eigenvalue weighted by Gasteiger charge is 2.07. The molecule has 0 fully saturated rings. The molecule has 0 rings (SSSR count). The third-order valence-corrected chi connectivity index (χ3v) is 4.42. The van der Waals surface area contributed by atoms with E-state index < -0.39 is 0 Å². The van der Waals surface area contributed by atoms with Gasteiger partial charge in [0.25, 0.3) is 0 Å². The molecule has 18 heavy (non-hydrogen) atoms. The van der Waals surface area contributed by atoms with Gasteiger partial charge in [0, 0.05) is 16.6 Å². The highest BCUT2D eigenvalue weighted by Crippen LogP contribution is 2.19. The highest BCUT2D eigenvalue weighted by atomic mass is 35.5. The third kappa shape index (κ3) is 13.3. The first-order valence-corrected chi connectivity index (χ1v) is 8.95. The summed E-state index contributed by atoms with van der Waals surface area (Å²) in [5, 5.41) is 0.580. The van der Waals surface area contributed by atoms with Crippen molar-refractivity contribution in [1.29, 1.82) is 0 Å². The molecule has 110 valence electrons. The molecule has 0 saturated carbocycles. The van der Waals surface area contributed by atoms with Gasteiger partial charge >= 0.3 is 0 Å². The van der Waals surface area contributed by atoms with E-state index in [1.807, 2.05) is 0 Å². The number of hydrogen-bond donors (Lipinski definition) is 0. The average molecular weight is 316 g/mol. The second kappa shape index (κ2) is 14.3. The molecule has 2 unspecified atom stereocenters. The van der Waals surface area contributed by atoms with Crippen molar-refractivity contribution in [2.45, 2.75) is 88.3 Å². The zero-order valence-corrected chi connectivity index (χ0v) is 14.0. The molecule has 0 saturated heterocycles. The van der Waals surface area contributed by atoms with Gasteiger partial charge in [0.1, 0.15) is 0 Å². The zero-order chi connectivity index (χ0) is 13.6. The smallest absolute Gasteiger partial charge is 0.0347 e. The minimum atomic E-state index is 0.236. The maximum Gasteiger partial charge on any atom is 0.0347 e. The maximum absolute atomic E-state index is 6.31. The summed E-state index contributed by atoms with van der Waals surface area (Å²) in [6.45, 7) is 2.25. The van der Waals surface area contributed by atoms with Crippen molar-refractivity contribution in [2.75, 3.05) is 5.88 Å². The summed E-state index contributed by atoms with van der Waals surface area (Å²) < 4.78 is 0. The molecule has 0 nitrogen and oxygen atoms in total. The van der Waals surface area contributed by atoms with Crippen molar-refractivity contribution in [1.82, 2.24) is 0 Å². The number of halogens is 3. The topological polar surface area (TPSA) is 0 Å². The van der Waals surface area contributed by atoms with Crippen LogP contribution in [0.25, 0.3) is 0 Å². The van der Waals surface area contributed by atoms with Crippen molar-refractivity contribution in [3.63, 3.8) is 0 Å². The molecule has 0 aliphatic heterocycles. The van der Waals surface area contributed by atoms with Crippen LogP contribution < -0.4 is 0 Å². The SMILES string of the molecule is CCCCCCCCC(Cl)CCCC(Cl)CCCl. The van der Waals surface area contributed by atoms with E-state index in [9.17, 15) is 0 Å². The van der Waals surface area contributed by atoms with Crippen molar-refractivity contribution < 1.29 is 0 Å². The Morgan fingerprint density at radius 3 is 1.78 bits per heavy atom. The van der Waals surface area contributed by atoms with Gasteiger partial charge in [-0.25, -0.2) is 0 Å². The predicted octanol–water partition coefficient (Wildman–Crippen LogP) is 6.75. The molecular weight excluding hydrogens is 287 g/mol. The summed E-state index contributed by atoms with van der Waals surface area (Å²) >= 11 is 18.1. The molecule has 0 aromatic heterocycles. The van der Waals surface area contributed by atoms with Gasteiger partial charge in [-0.2, -0.15) is 0 Å². The van der Waals surface area contributed by atoms with Crippen molar-refractivity contribution in [3.8, 4) is 0 Å². The normalized spacial score (nSPS) is 14.7. The van der Waals surface area contributed by atoms with Gasteiger partial charge in [0.05, 0.1) is 0 Å². The summed E-state index contributed by atoms with van der Waals surface area (Å²) in [5.41, 5.74) is 0. The van der Waals surface area contributed by atoms with E-state index in [0.29, 0.717) is 11.3 Å². The van der Waals surface area contributed by atoms with Crippen LogP contribution in [-0.4, -0.2) is 16.6 Å². The monoisotopic (exact) mass is 314 g/mol. The molecule has 3 heteroatoms. The quantitative estimate of drug-likeness (QED) is 0.260. The minimum Gasteiger partial charge on any atom is -0.127 e. The first kappa shape index (κ1) is 18.9. The molecule has 0 amide bonds. The molecule has 2 atom stereocenters. The summed E-state index contributed by atoms with van der Waals surface area (Å²) in [4.78, 5) is 0. The number of rotatable bonds is 13. The van der Waals surface area contributed by atoms with Crippen LogP contribution in [0.5, 0.6) is 0 Å². The van der Waals surface area contributed by atoms with Crippen molar-refractivity contribution in [3.05, 3.63) is 0 Å². The predicted molar refractivity (Wildman–Crippen MR) is 86.5 cm³/mol. The molecule has 0 spiro atoms. The lowest BCUT2D eigenvalue weighted by atomic mass is 10.0. The van der Waals surface area contributed by atoms with Crippen LogP contribution >= 0.6 is 34.8 Å². The van der Waals surface area contributed by atoms with Crippen molar-refractivity contribution >= 4 is 34.8 Å². The van der Waals surface area contributed by atoms with Gasteiger partial charge in [-0.15, -0.1) is 34.8 Å². The first-order chi connectivity index (χ1) is 8.70. The molecule has 0 N–H and O–H groups in total. The molecule has 0 radical (unpaired) electrons. The van der Waals surface area contributed by atoms with Gasteiger partial charge in [0.2, 0.25) is 0 Å². The van der Waals surface area contributed by atoms with Gasteiger partial charge in [-0.05, 0) is 25.7 Å². The van der Waals surface area contributed by atoms with Gasteiger partial charge in [-0.3, -0.25) is 0 Å². The number of alkyl halides is 3. The number of hydrogen-bond acceptors (Lipinski definition) is 0. The largest absolute Gasteiger partial charge is 0.127 e. The van der Waals surface area contributed by atoms with E-state index in [1.54, 1.807) is 0 Å². The van der Waals surface area contributed by atoms with Crippen LogP contribution in [0.1, 0.15) is 77.6 Å². The lowest BCUT2D eigenvalue weighted by Gasteiger charge is -2.11. The Balaban J connectivity index is 3.24. The minimum absolute atomic E-state index is 0.236. The third-order valence-electron chi connectivity index (χ3n) is 3.33. The summed E-state index contributed by atoms with van der Waals surface area (Å²) in [6, 6.07) is 0. The van der Waals surface area contributed by atoms with E-state index >= 15 is 0 Å². The lowest BCUT2D eigenvalue weighted by Crippen LogP contribution is -2.03. The first-order valence-electron chi connectivity index (χ1n) is 7.54. The second-order valence-corrected chi connectivity index (χ2v) is 6.77. The summed E-state index contributed by atoms with van der Waals surface area (Å²) in [5.74, 6) is 0.663. The maximum atomic E-state index is 6.31. The fourth-order valence-corrected chi connectivity index (χ4v) is 3.06. The van der Waals surface area contributed by atoms with E-state index in [0.717, 1.165) is 32.1 Å². The Labute approximate surface area is 129 Å². The summed E-state index contributed by atoms with van der Waals surface area (Å²) in [6.07, 6.45) is 13.4. The molecule has 0 aliphatic carbocycles. The Kier molecular flexibility index (Phi) is 15.0. The standard InChI is InChI=1S/C15H29Cl3/c1-2-3-4-5-6-7-9-14(17)10-8-11-15(18)12-13-16/h14-15H,2-13H2,1H3. The van der Waals surface area contributed by atoms with Gasteiger partial charge < -0.3 is 0 Å². The second-order valence-electron chi connectivity index (χ2n) is 5.16. The molecule has 0 bridgehead atoms. The molecule has 0 aromatic rings. The fourth-order valence-electron chi connectivity index (χ4n) is 2.11. The van der Waals surface area contributed by atoms with Crippen LogP contribution in [0.15, 0.2) is 0 Å². The van der Waals surface area contributed by atoms with E-state index in [4.69, 9.17) is 34.8 Å². The highest BCUT2D eigenvalue weighted by molar-refractivity contribution is 6.22. The van der Waals surface area contributed by atoms with Crippen LogP contribution in [0.3, 0.4) is 0 Å². The molecular formula is C15H29Cl3. The Morgan fingerprint density at radius 1 is 0.667 bits per heavy atom. The van der Waals surface area contributed by atoms with Crippen LogP contribution in [0.4, 0.5) is 0 Å². The Hall–Kier alpha value is 0.870. The fraction of sp³-hybridized carbons (Fsp3) is 1.00. The summed E-state index contributed by atoms with van der Waals surface area (Å²) in [7, 11) is 0. The van der Waals surface area contributed by atoms with Crippen LogP contribution in [-0.2, 0) is 0 Å². The van der Waals surface area contributed by atoms with E-state index in [-0.39, 0.29) is 5.38 Å². The van der Waals surface area contributed by atoms with Crippen LogP contribution in [0.2, 0.25) is 0 Å². The van der Waals surface area contributed by atoms with Crippen molar-refractivity contribution in [2.24, 2.45) is 0 Å². The lowest BCUT2D eigenvalue weighted by molar-refractivity contribution is 0.549. The van der Waals surface area contributed by atoms with Gasteiger partial charge in [-0.1, -0.05) is 51.9 Å².